The molecule has 0 atom stereocenters. The molecule has 0 amide bonds. The van der Waals surface area contributed by atoms with Crippen molar-refractivity contribution in [2.75, 3.05) is 0 Å². The zero-order valence-electron chi connectivity index (χ0n) is 23.0. The first-order valence-corrected chi connectivity index (χ1v) is 15.2. The van der Waals surface area contributed by atoms with Crippen molar-refractivity contribution < 1.29 is 8.83 Å². The zero-order valence-corrected chi connectivity index (χ0v) is 23.8. The van der Waals surface area contributed by atoms with Gasteiger partial charge in [-0.3, -0.25) is 9.59 Å². The third-order valence-corrected chi connectivity index (χ3v) is 9.92. The highest BCUT2D eigenvalue weighted by Crippen LogP contribution is 2.41. The van der Waals surface area contributed by atoms with E-state index in [9.17, 15) is 9.59 Å². The Bertz CT molecular complexity index is 3000. The molecular weight excluding hydrogens is 566 g/mol. The number of aromatic nitrogens is 1. The van der Waals surface area contributed by atoms with E-state index in [1.54, 1.807) is 41.7 Å². The van der Waals surface area contributed by atoms with Gasteiger partial charge in [0.25, 0.3) is 0 Å². The molecule has 10 rings (SSSR count). The van der Waals surface area contributed by atoms with Crippen molar-refractivity contribution in [1.82, 2.24) is 4.57 Å². The topological polar surface area (TPSA) is 65.3 Å². The van der Waals surface area contributed by atoms with E-state index in [2.05, 4.69) is 59.2 Å². The summed E-state index contributed by atoms with van der Waals surface area (Å²) in [5.41, 5.74) is 4.14. The molecule has 0 saturated heterocycles. The van der Waals surface area contributed by atoms with Gasteiger partial charge in [-0.15, -0.1) is 11.3 Å². The van der Waals surface area contributed by atoms with Crippen LogP contribution in [0.3, 0.4) is 0 Å². The molecule has 4 heterocycles. The van der Waals surface area contributed by atoms with E-state index in [0.717, 1.165) is 27.5 Å². The van der Waals surface area contributed by atoms with Crippen molar-refractivity contribution in [1.29, 1.82) is 0 Å². The van der Waals surface area contributed by atoms with Crippen LogP contribution in [0.25, 0.3) is 91.5 Å². The number of nitrogens with zero attached hydrogens (tertiary/aromatic N) is 1. The molecule has 6 heteroatoms. The van der Waals surface area contributed by atoms with E-state index in [1.807, 2.05) is 30.3 Å². The quantitative estimate of drug-likeness (QED) is 0.180. The highest BCUT2D eigenvalue weighted by molar-refractivity contribution is 7.25. The predicted molar refractivity (Wildman–Crippen MR) is 181 cm³/mol. The number of rotatable bonds is 1. The van der Waals surface area contributed by atoms with Crippen LogP contribution in [0.2, 0.25) is 0 Å². The van der Waals surface area contributed by atoms with Crippen LogP contribution in [0.1, 0.15) is 0 Å². The first-order valence-electron chi connectivity index (χ1n) is 14.3. The Morgan fingerprint density at radius 2 is 1.14 bits per heavy atom. The lowest BCUT2D eigenvalue weighted by molar-refractivity contribution is 0.651. The second-order valence-corrected chi connectivity index (χ2v) is 12.3. The molecule has 0 aliphatic heterocycles. The second kappa shape index (κ2) is 8.43. The van der Waals surface area contributed by atoms with E-state index in [4.69, 9.17) is 8.83 Å². The van der Waals surface area contributed by atoms with E-state index in [-0.39, 0.29) is 10.9 Å². The molecule has 0 saturated carbocycles. The van der Waals surface area contributed by atoms with Crippen molar-refractivity contribution in [3.63, 3.8) is 0 Å². The predicted octanol–water partition coefficient (Wildman–Crippen LogP) is 9.67. The van der Waals surface area contributed by atoms with Gasteiger partial charge in [0.05, 0.1) is 38.3 Å². The Hall–Kier alpha value is -5.72. The first kappa shape index (κ1) is 23.8. The van der Waals surface area contributed by atoms with Crippen molar-refractivity contribution in [3.05, 3.63) is 136 Å². The van der Waals surface area contributed by atoms with Gasteiger partial charge in [0.2, 0.25) is 10.9 Å². The van der Waals surface area contributed by atoms with Crippen molar-refractivity contribution >= 4 is 97.2 Å². The van der Waals surface area contributed by atoms with Crippen LogP contribution >= 0.6 is 11.3 Å². The van der Waals surface area contributed by atoms with Crippen molar-refractivity contribution in [2.45, 2.75) is 0 Å². The van der Waals surface area contributed by atoms with Crippen LogP contribution in [0.15, 0.2) is 134 Å². The Labute approximate surface area is 251 Å². The number of fused-ring (bicyclic) bond motifs is 10. The SMILES string of the molecule is O=c1c2ccccc2oc2cc3c(=O)c4cccc(-n5c6ccccc6c6cc7c(cc65)sc5ccccc57)c4oc3cc12. The van der Waals surface area contributed by atoms with Gasteiger partial charge in [0.1, 0.15) is 16.7 Å². The Balaban J connectivity index is 1.33. The molecule has 10 aromatic rings. The highest BCUT2D eigenvalue weighted by Gasteiger charge is 2.20. The Morgan fingerprint density at radius 1 is 0.455 bits per heavy atom. The molecule has 0 fully saturated rings. The van der Waals surface area contributed by atoms with E-state index in [0.29, 0.717) is 43.9 Å². The summed E-state index contributed by atoms with van der Waals surface area (Å²) in [6.07, 6.45) is 0. The average Bonchev–Trinajstić information content (AvgIpc) is 3.58. The molecule has 0 aliphatic rings. The zero-order chi connectivity index (χ0) is 29.1. The molecule has 0 radical (unpaired) electrons. The molecule has 0 bridgehead atoms. The van der Waals surface area contributed by atoms with E-state index >= 15 is 0 Å². The van der Waals surface area contributed by atoms with Gasteiger partial charge < -0.3 is 13.4 Å². The number of para-hydroxylation sites is 3. The lowest BCUT2D eigenvalue weighted by Gasteiger charge is -2.11. The van der Waals surface area contributed by atoms with E-state index in [1.165, 1.54) is 20.2 Å². The normalized spacial score (nSPS) is 12.3. The number of thiophene rings is 1. The van der Waals surface area contributed by atoms with Crippen molar-refractivity contribution in [2.24, 2.45) is 0 Å². The minimum absolute atomic E-state index is 0.158. The smallest absolute Gasteiger partial charge is 0.200 e. The number of hydrogen-bond acceptors (Lipinski definition) is 5. The molecular formula is C38H19NO4S. The summed E-state index contributed by atoms with van der Waals surface area (Å²) in [6, 6.07) is 37.4. The molecule has 0 unspecified atom stereocenters. The summed E-state index contributed by atoms with van der Waals surface area (Å²) in [4.78, 5) is 27.4. The fourth-order valence-electron chi connectivity index (χ4n) is 6.78. The average molecular weight is 586 g/mol. The van der Waals surface area contributed by atoms with Crippen LogP contribution in [0.4, 0.5) is 0 Å². The summed E-state index contributed by atoms with van der Waals surface area (Å²) in [7, 11) is 0. The number of hydrogen-bond donors (Lipinski definition) is 0. The second-order valence-electron chi connectivity index (χ2n) is 11.2. The van der Waals surface area contributed by atoms with Gasteiger partial charge in [-0.1, -0.05) is 54.6 Å². The van der Waals surface area contributed by atoms with Crippen LogP contribution in [0.5, 0.6) is 0 Å². The standard InChI is InChI=1S/C38H19NO4S/c40-36-22-10-2-5-14-31(22)42-32-17-27-33(18-26(32)36)43-38-23(37(27)41)11-7-13-29(38)39-28-12-4-1-8-20(28)24-16-25-21-9-3-6-15-34(21)44-35(25)19-30(24)39/h1-19H. The van der Waals surface area contributed by atoms with Crippen LogP contribution in [-0.4, -0.2) is 4.57 Å². The minimum Gasteiger partial charge on any atom is -0.456 e. The maximum Gasteiger partial charge on any atom is 0.200 e. The van der Waals surface area contributed by atoms with Gasteiger partial charge in [-0.05, 0) is 60.7 Å². The van der Waals surface area contributed by atoms with Crippen LogP contribution in [0, 0.1) is 0 Å². The first-order chi connectivity index (χ1) is 21.6. The summed E-state index contributed by atoms with van der Waals surface area (Å²) >= 11 is 1.78. The van der Waals surface area contributed by atoms with Gasteiger partial charge >= 0.3 is 0 Å². The highest BCUT2D eigenvalue weighted by atomic mass is 32.1. The van der Waals surface area contributed by atoms with Crippen LogP contribution in [-0.2, 0) is 0 Å². The maximum atomic E-state index is 14.0. The minimum atomic E-state index is -0.173. The molecule has 0 aliphatic carbocycles. The molecule has 44 heavy (non-hydrogen) atoms. The molecule has 4 aromatic heterocycles. The largest absolute Gasteiger partial charge is 0.456 e. The summed E-state index contributed by atoms with van der Waals surface area (Å²) in [6.45, 7) is 0. The number of benzene rings is 6. The molecule has 0 spiro atoms. The lowest BCUT2D eigenvalue weighted by atomic mass is 10.1. The third kappa shape index (κ3) is 3.07. The Kier molecular flexibility index (Phi) is 4.56. The monoisotopic (exact) mass is 585 g/mol. The third-order valence-electron chi connectivity index (χ3n) is 8.79. The lowest BCUT2D eigenvalue weighted by Crippen LogP contribution is -2.07. The van der Waals surface area contributed by atoms with Gasteiger partial charge in [-0.25, -0.2) is 0 Å². The van der Waals surface area contributed by atoms with Gasteiger partial charge in [0, 0.05) is 30.9 Å². The maximum absolute atomic E-state index is 14.0. The molecule has 206 valence electrons. The Morgan fingerprint density at radius 3 is 2.00 bits per heavy atom. The van der Waals surface area contributed by atoms with Gasteiger partial charge in [-0.2, -0.15) is 0 Å². The van der Waals surface area contributed by atoms with Crippen molar-refractivity contribution in [3.8, 4) is 5.69 Å². The summed E-state index contributed by atoms with van der Waals surface area (Å²) in [5.74, 6) is 0. The molecule has 5 nitrogen and oxygen atoms in total. The van der Waals surface area contributed by atoms with Crippen LogP contribution < -0.4 is 10.9 Å². The fraction of sp³-hybridized carbons (Fsp3) is 0. The molecule has 0 N–H and O–H groups in total. The summed E-state index contributed by atoms with van der Waals surface area (Å²) in [5, 5.41) is 6.43. The summed E-state index contributed by atoms with van der Waals surface area (Å²) < 4.78 is 17.3. The van der Waals surface area contributed by atoms with E-state index < -0.39 is 0 Å². The fourth-order valence-corrected chi connectivity index (χ4v) is 7.90. The molecule has 6 aromatic carbocycles. The van der Waals surface area contributed by atoms with Gasteiger partial charge in [0.15, 0.2) is 5.58 Å².